The van der Waals surface area contributed by atoms with Gasteiger partial charge >= 0.3 is 0 Å². The van der Waals surface area contributed by atoms with Crippen LogP contribution < -0.4 is 0 Å². The number of allylic oxidation sites excluding steroid dienone is 1. The summed E-state index contributed by atoms with van der Waals surface area (Å²) < 4.78 is 45.0. The van der Waals surface area contributed by atoms with E-state index in [9.17, 15) is 17.6 Å². The summed E-state index contributed by atoms with van der Waals surface area (Å²) in [6.45, 7) is 1.39. The van der Waals surface area contributed by atoms with Gasteiger partial charge in [-0.15, -0.1) is 11.3 Å². The molecule has 0 aliphatic carbocycles. The number of hydrogen-bond acceptors (Lipinski definition) is 6. The number of carbonyl (C=O) groups excluding carboxylic acids is 1. The van der Waals surface area contributed by atoms with Crippen molar-refractivity contribution in [2.45, 2.75) is 4.90 Å². The molecule has 0 radical (unpaired) electrons. The van der Waals surface area contributed by atoms with Gasteiger partial charge in [0.25, 0.3) is 0 Å². The Labute approximate surface area is 183 Å². The predicted molar refractivity (Wildman–Crippen MR) is 117 cm³/mol. The summed E-state index contributed by atoms with van der Waals surface area (Å²) >= 11 is 1.40. The molecule has 160 valence electrons. The van der Waals surface area contributed by atoms with Crippen molar-refractivity contribution in [2.24, 2.45) is 0 Å². The highest BCUT2D eigenvalue weighted by atomic mass is 32.2. The van der Waals surface area contributed by atoms with Crippen LogP contribution in [0.25, 0.3) is 16.6 Å². The maximum atomic E-state index is 13.1. The van der Waals surface area contributed by atoms with E-state index in [1.165, 1.54) is 58.1 Å². The molecule has 1 aliphatic heterocycles. The third-order valence-electron chi connectivity index (χ3n) is 4.77. The number of carbonyl (C=O) groups is 1. The minimum atomic E-state index is -3.59. The van der Waals surface area contributed by atoms with Crippen molar-refractivity contribution in [3.8, 4) is 10.6 Å². The molecule has 2 heterocycles. The van der Waals surface area contributed by atoms with Crippen LogP contribution in [0.2, 0.25) is 0 Å². The molecule has 0 saturated carbocycles. The van der Waals surface area contributed by atoms with Gasteiger partial charge in [-0.25, -0.2) is 17.8 Å². The highest BCUT2D eigenvalue weighted by Gasteiger charge is 2.26. The van der Waals surface area contributed by atoms with E-state index in [0.29, 0.717) is 37.6 Å². The summed E-state index contributed by atoms with van der Waals surface area (Å²) in [5, 5.41) is 2.53. The molecular formula is C22H19FN2O4S2. The number of morpholine rings is 1. The number of hydrogen-bond donors (Lipinski definition) is 0. The molecule has 0 atom stereocenters. The van der Waals surface area contributed by atoms with Crippen LogP contribution in [0.15, 0.2) is 64.9 Å². The number of thiazole rings is 1. The number of ketones is 1. The van der Waals surface area contributed by atoms with Crippen LogP contribution in [0.5, 0.6) is 0 Å². The highest BCUT2D eigenvalue weighted by Crippen LogP contribution is 2.24. The molecule has 1 saturated heterocycles. The summed E-state index contributed by atoms with van der Waals surface area (Å²) in [5.74, 6) is -0.568. The Morgan fingerprint density at radius 1 is 1.06 bits per heavy atom. The van der Waals surface area contributed by atoms with Gasteiger partial charge in [0.15, 0.2) is 5.78 Å². The van der Waals surface area contributed by atoms with Gasteiger partial charge in [-0.3, -0.25) is 4.79 Å². The molecule has 2 aromatic carbocycles. The number of sulfonamides is 1. The first-order valence-corrected chi connectivity index (χ1v) is 11.9. The summed E-state index contributed by atoms with van der Waals surface area (Å²) in [4.78, 5) is 17.1. The summed E-state index contributed by atoms with van der Waals surface area (Å²) in [7, 11) is -3.59. The Morgan fingerprint density at radius 3 is 2.42 bits per heavy atom. The molecule has 1 aromatic heterocycles. The van der Waals surface area contributed by atoms with Crippen LogP contribution >= 0.6 is 11.3 Å². The lowest BCUT2D eigenvalue weighted by molar-refractivity contribution is 0.0730. The van der Waals surface area contributed by atoms with Gasteiger partial charge in [0.05, 0.1) is 23.8 Å². The lowest BCUT2D eigenvalue weighted by Crippen LogP contribution is -2.40. The first kappa shape index (κ1) is 21.5. The molecule has 0 amide bonds. The molecule has 1 aliphatic rings. The zero-order valence-corrected chi connectivity index (χ0v) is 18.0. The highest BCUT2D eigenvalue weighted by molar-refractivity contribution is 7.89. The number of nitrogens with zero attached hydrogens (tertiary/aromatic N) is 2. The first-order chi connectivity index (χ1) is 14.9. The maximum absolute atomic E-state index is 13.1. The van der Waals surface area contributed by atoms with E-state index >= 15 is 0 Å². The zero-order valence-electron chi connectivity index (χ0n) is 16.4. The van der Waals surface area contributed by atoms with Gasteiger partial charge in [-0.05, 0) is 60.7 Å². The number of ether oxygens (including phenoxy) is 1. The smallest absolute Gasteiger partial charge is 0.243 e. The van der Waals surface area contributed by atoms with E-state index in [1.807, 2.05) is 0 Å². The summed E-state index contributed by atoms with van der Waals surface area (Å²) in [6.07, 6.45) is 3.00. The Kier molecular flexibility index (Phi) is 6.38. The SMILES string of the molecule is O=C(/C=C/c1csc(-c2ccc(F)cc2)n1)c1ccc(S(=O)(=O)N2CCOCC2)cc1. The molecule has 1 fully saturated rings. The second-order valence-corrected chi connectivity index (χ2v) is 9.62. The van der Waals surface area contributed by atoms with Gasteiger partial charge in [0, 0.05) is 29.6 Å². The van der Waals surface area contributed by atoms with Crippen molar-refractivity contribution in [1.82, 2.24) is 9.29 Å². The third kappa shape index (κ3) is 4.96. The molecular weight excluding hydrogens is 439 g/mol. The minimum Gasteiger partial charge on any atom is -0.379 e. The molecule has 3 aromatic rings. The minimum absolute atomic E-state index is 0.151. The summed E-state index contributed by atoms with van der Waals surface area (Å²) in [6, 6.07) is 12.0. The standard InChI is InChI=1S/C22H19FN2O4S2/c23-18-5-1-17(2-6-18)22-24-19(15-30-22)7-10-21(26)16-3-8-20(9-4-16)31(27,28)25-11-13-29-14-12-25/h1-10,15H,11-14H2/b10-7+. The fourth-order valence-electron chi connectivity index (χ4n) is 3.07. The second kappa shape index (κ2) is 9.19. The van der Waals surface area contributed by atoms with Gasteiger partial charge < -0.3 is 4.74 Å². The van der Waals surface area contributed by atoms with Crippen LogP contribution in [-0.2, 0) is 14.8 Å². The Bertz CT molecular complexity index is 1200. The van der Waals surface area contributed by atoms with E-state index < -0.39 is 10.0 Å². The zero-order chi connectivity index (χ0) is 21.8. The second-order valence-electron chi connectivity index (χ2n) is 6.82. The van der Waals surface area contributed by atoms with Crippen LogP contribution in [0, 0.1) is 5.82 Å². The fourth-order valence-corrected chi connectivity index (χ4v) is 5.27. The van der Waals surface area contributed by atoms with Gasteiger partial charge in [0.1, 0.15) is 10.8 Å². The van der Waals surface area contributed by atoms with Crippen molar-refractivity contribution >= 4 is 33.2 Å². The number of benzene rings is 2. The van der Waals surface area contributed by atoms with Crippen LogP contribution in [0.1, 0.15) is 16.1 Å². The Balaban J connectivity index is 1.44. The fraction of sp³-hybridized carbons (Fsp3) is 0.182. The number of aromatic nitrogens is 1. The quantitative estimate of drug-likeness (QED) is 0.414. The van der Waals surface area contributed by atoms with Crippen LogP contribution in [0.4, 0.5) is 4.39 Å². The van der Waals surface area contributed by atoms with Crippen molar-refractivity contribution in [1.29, 1.82) is 0 Å². The van der Waals surface area contributed by atoms with Crippen molar-refractivity contribution in [2.75, 3.05) is 26.3 Å². The maximum Gasteiger partial charge on any atom is 0.243 e. The third-order valence-corrected chi connectivity index (χ3v) is 7.59. The summed E-state index contributed by atoms with van der Waals surface area (Å²) in [5.41, 5.74) is 1.80. The molecule has 0 bridgehead atoms. The van der Waals surface area contributed by atoms with Crippen LogP contribution in [-0.4, -0.2) is 49.8 Å². The molecule has 31 heavy (non-hydrogen) atoms. The van der Waals surface area contributed by atoms with E-state index in [-0.39, 0.29) is 16.5 Å². The lowest BCUT2D eigenvalue weighted by Gasteiger charge is -2.26. The molecule has 0 unspecified atom stereocenters. The van der Waals surface area contributed by atoms with Gasteiger partial charge in [-0.2, -0.15) is 4.31 Å². The predicted octanol–water partition coefficient (Wildman–Crippen LogP) is 3.87. The van der Waals surface area contributed by atoms with Gasteiger partial charge in [-0.1, -0.05) is 0 Å². The van der Waals surface area contributed by atoms with E-state index in [4.69, 9.17) is 4.74 Å². The Hall–Kier alpha value is -2.72. The normalized spacial score (nSPS) is 15.4. The average molecular weight is 459 g/mol. The molecule has 0 spiro atoms. The largest absolute Gasteiger partial charge is 0.379 e. The lowest BCUT2D eigenvalue weighted by atomic mass is 10.1. The molecule has 0 N–H and O–H groups in total. The first-order valence-electron chi connectivity index (χ1n) is 9.55. The molecule has 9 heteroatoms. The topological polar surface area (TPSA) is 76.6 Å². The average Bonchev–Trinajstić information content (AvgIpc) is 3.28. The monoisotopic (exact) mass is 458 g/mol. The van der Waals surface area contributed by atoms with E-state index in [1.54, 1.807) is 23.6 Å². The van der Waals surface area contributed by atoms with Crippen molar-refractivity contribution in [3.05, 3.63) is 77.1 Å². The Morgan fingerprint density at radius 2 is 1.74 bits per heavy atom. The molecule has 6 nitrogen and oxygen atoms in total. The van der Waals surface area contributed by atoms with E-state index in [2.05, 4.69) is 4.98 Å². The number of halogens is 1. The van der Waals surface area contributed by atoms with Crippen molar-refractivity contribution in [3.63, 3.8) is 0 Å². The number of rotatable bonds is 6. The van der Waals surface area contributed by atoms with Gasteiger partial charge in [0.2, 0.25) is 10.0 Å². The van der Waals surface area contributed by atoms with Crippen LogP contribution in [0.3, 0.4) is 0 Å². The molecule has 4 rings (SSSR count). The van der Waals surface area contributed by atoms with Crippen molar-refractivity contribution < 1.29 is 22.3 Å². The van der Waals surface area contributed by atoms with E-state index in [0.717, 1.165) is 10.6 Å².